The molecule has 0 aromatic carbocycles. The maximum Gasteiger partial charge on any atom is 0.406 e. The summed E-state index contributed by atoms with van der Waals surface area (Å²) in [6, 6.07) is -0.576. The van der Waals surface area contributed by atoms with E-state index in [2.05, 4.69) is 0 Å². The molecule has 4 nitrogen and oxygen atoms in total. The van der Waals surface area contributed by atoms with Gasteiger partial charge in [-0.2, -0.15) is 13.2 Å². The van der Waals surface area contributed by atoms with Crippen LogP contribution in [0.15, 0.2) is 0 Å². The molecule has 2 atom stereocenters. The lowest BCUT2D eigenvalue weighted by molar-refractivity contribution is -0.159. The zero-order valence-corrected chi connectivity index (χ0v) is 10.7. The monoisotopic (exact) mass is 280 g/mol. The van der Waals surface area contributed by atoms with Crippen LogP contribution in [0.1, 0.15) is 25.7 Å². The van der Waals surface area contributed by atoms with E-state index >= 15 is 0 Å². The lowest BCUT2D eigenvalue weighted by atomic mass is 9.99. The van der Waals surface area contributed by atoms with Crippen LogP contribution in [0.4, 0.5) is 13.2 Å². The summed E-state index contributed by atoms with van der Waals surface area (Å²) >= 11 is 0. The number of nitrogens with zero attached hydrogens (tertiary/aromatic N) is 2. The van der Waals surface area contributed by atoms with Gasteiger partial charge in [0.25, 0.3) is 0 Å². The Labute approximate surface area is 110 Å². The van der Waals surface area contributed by atoms with Crippen LogP contribution in [-0.4, -0.2) is 65.3 Å². The number of rotatable bonds is 3. The lowest BCUT2D eigenvalue weighted by Crippen LogP contribution is -2.51. The van der Waals surface area contributed by atoms with Gasteiger partial charge in [0.05, 0.1) is 12.6 Å². The molecular formula is C12H19F3N2O2. The minimum Gasteiger partial charge on any atom is -0.395 e. The number of aliphatic hydroxyl groups excluding tert-OH is 1. The zero-order chi connectivity index (χ0) is 14.0. The predicted molar refractivity (Wildman–Crippen MR) is 62.5 cm³/mol. The Balaban J connectivity index is 2.00. The number of halogens is 3. The highest BCUT2D eigenvalue weighted by Gasteiger charge is 2.43. The molecule has 2 heterocycles. The molecule has 110 valence electrons. The first kappa shape index (κ1) is 14.6. The number of amides is 1. The van der Waals surface area contributed by atoms with Gasteiger partial charge in [-0.25, -0.2) is 0 Å². The molecule has 1 unspecified atom stereocenters. The van der Waals surface area contributed by atoms with E-state index in [-0.39, 0.29) is 19.2 Å². The number of likely N-dealkylation sites (tertiary alicyclic amines) is 2. The van der Waals surface area contributed by atoms with Crippen LogP contribution in [0.5, 0.6) is 0 Å². The standard InChI is InChI=1S/C12H19F3N2O2/c13-12(14,15)8-16-6-4-10(11(16)19)17-5-2-1-3-9(17)7-18/h9-10,18H,1-8H2/t9-,10?/m1/s1. The quantitative estimate of drug-likeness (QED) is 0.838. The minimum absolute atomic E-state index is 0.0386. The van der Waals surface area contributed by atoms with Gasteiger partial charge in [-0.05, 0) is 25.8 Å². The molecule has 2 saturated heterocycles. The number of carbonyl (C=O) groups is 1. The van der Waals surface area contributed by atoms with Crippen molar-refractivity contribution in [3.05, 3.63) is 0 Å². The minimum atomic E-state index is -4.34. The van der Waals surface area contributed by atoms with Crippen molar-refractivity contribution >= 4 is 5.91 Å². The first-order valence-corrected chi connectivity index (χ1v) is 6.64. The Kier molecular flexibility index (Phi) is 4.35. The summed E-state index contributed by atoms with van der Waals surface area (Å²) in [5.74, 6) is -0.447. The molecule has 0 saturated carbocycles. The summed E-state index contributed by atoms with van der Waals surface area (Å²) in [5.41, 5.74) is 0. The Morgan fingerprint density at radius 2 is 1.95 bits per heavy atom. The highest BCUT2D eigenvalue weighted by atomic mass is 19.4. The normalized spacial score (nSPS) is 30.1. The van der Waals surface area contributed by atoms with Gasteiger partial charge in [-0.15, -0.1) is 0 Å². The van der Waals surface area contributed by atoms with E-state index in [1.54, 1.807) is 0 Å². The number of carbonyl (C=O) groups excluding carboxylic acids is 1. The molecular weight excluding hydrogens is 261 g/mol. The Bertz CT molecular complexity index is 335. The first-order valence-electron chi connectivity index (χ1n) is 6.64. The van der Waals surface area contributed by atoms with E-state index < -0.39 is 24.7 Å². The molecule has 19 heavy (non-hydrogen) atoms. The largest absolute Gasteiger partial charge is 0.406 e. The van der Waals surface area contributed by atoms with Gasteiger partial charge >= 0.3 is 6.18 Å². The number of aliphatic hydroxyl groups is 1. The average molecular weight is 280 g/mol. The van der Waals surface area contributed by atoms with E-state index in [9.17, 15) is 23.1 Å². The molecule has 2 rings (SSSR count). The highest BCUT2D eigenvalue weighted by Crippen LogP contribution is 2.27. The van der Waals surface area contributed by atoms with Crippen molar-refractivity contribution in [1.29, 1.82) is 0 Å². The lowest BCUT2D eigenvalue weighted by Gasteiger charge is -2.38. The SMILES string of the molecule is O=C1C(N2CCCC[C@@H]2CO)CCN1CC(F)(F)F. The fraction of sp³-hybridized carbons (Fsp3) is 0.917. The van der Waals surface area contributed by atoms with E-state index in [0.717, 1.165) is 24.2 Å². The van der Waals surface area contributed by atoms with Gasteiger partial charge in [-0.3, -0.25) is 9.69 Å². The van der Waals surface area contributed by atoms with Crippen LogP contribution in [0.25, 0.3) is 0 Å². The Morgan fingerprint density at radius 1 is 1.21 bits per heavy atom. The smallest absolute Gasteiger partial charge is 0.395 e. The van der Waals surface area contributed by atoms with Gasteiger partial charge in [0.1, 0.15) is 6.54 Å². The van der Waals surface area contributed by atoms with E-state index in [4.69, 9.17) is 0 Å². The molecule has 2 fully saturated rings. The van der Waals surface area contributed by atoms with Gasteiger partial charge in [-0.1, -0.05) is 6.42 Å². The third kappa shape index (κ3) is 3.39. The predicted octanol–water partition coefficient (Wildman–Crippen LogP) is 0.996. The number of piperidine rings is 1. The van der Waals surface area contributed by atoms with E-state index in [1.807, 2.05) is 4.90 Å². The number of alkyl halides is 3. The second kappa shape index (κ2) is 5.66. The topological polar surface area (TPSA) is 43.8 Å². The summed E-state index contributed by atoms with van der Waals surface area (Å²) in [7, 11) is 0. The molecule has 0 aliphatic carbocycles. The van der Waals surface area contributed by atoms with Crippen LogP contribution >= 0.6 is 0 Å². The van der Waals surface area contributed by atoms with E-state index in [1.165, 1.54) is 0 Å². The number of hydrogen-bond acceptors (Lipinski definition) is 3. The Hall–Kier alpha value is -0.820. The maximum absolute atomic E-state index is 12.3. The molecule has 0 spiro atoms. The second-order valence-corrected chi connectivity index (χ2v) is 5.25. The zero-order valence-electron chi connectivity index (χ0n) is 10.7. The summed E-state index contributed by atoms with van der Waals surface area (Å²) in [5, 5.41) is 9.31. The van der Waals surface area contributed by atoms with Gasteiger partial charge < -0.3 is 10.0 Å². The Morgan fingerprint density at radius 3 is 2.58 bits per heavy atom. The third-order valence-corrected chi connectivity index (χ3v) is 3.92. The first-order chi connectivity index (χ1) is 8.92. The molecule has 0 radical (unpaired) electrons. The van der Waals surface area contributed by atoms with Crippen molar-refractivity contribution < 1.29 is 23.1 Å². The highest BCUT2D eigenvalue weighted by molar-refractivity contribution is 5.84. The molecule has 1 N–H and O–H groups in total. The van der Waals surface area contributed by atoms with Crippen LogP contribution < -0.4 is 0 Å². The molecule has 0 aromatic heterocycles. The molecule has 0 aromatic rings. The molecule has 0 bridgehead atoms. The van der Waals surface area contributed by atoms with E-state index in [0.29, 0.717) is 13.0 Å². The van der Waals surface area contributed by atoms with Crippen LogP contribution in [-0.2, 0) is 4.79 Å². The summed E-state index contributed by atoms with van der Waals surface area (Å²) in [6.45, 7) is -0.373. The van der Waals surface area contributed by atoms with Gasteiger partial charge in [0.15, 0.2) is 0 Å². The van der Waals surface area contributed by atoms with Gasteiger partial charge in [0, 0.05) is 12.6 Å². The summed E-state index contributed by atoms with van der Waals surface area (Å²) < 4.78 is 37.0. The van der Waals surface area contributed by atoms with Crippen molar-refractivity contribution in [3.8, 4) is 0 Å². The van der Waals surface area contributed by atoms with Gasteiger partial charge in [0.2, 0.25) is 5.91 Å². The fourth-order valence-corrected chi connectivity index (χ4v) is 3.03. The molecule has 2 aliphatic rings. The summed E-state index contributed by atoms with van der Waals surface area (Å²) in [6.07, 6.45) is -1.19. The maximum atomic E-state index is 12.3. The third-order valence-electron chi connectivity index (χ3n) is 3.92. The van der Waals surface area contributed by atoms with Crippen molar-refractivity contribution in [3.63, 3.8) is 0 Å². The molecule has 1 amide bonds. The van der Waals surface area contributed by atoms with Crippen molar-refractivity contribution in [2.75, 3.05) is 26.2 Å². The van der Waals surface area contributed by atoms with Crippen molar-refractivity contribution in [2.24, 2.45) is 0 Å². The van der Waals surface area contributed by atoms with Crippen LogP contribution in [0.2, 0.25) is 0 Å². The van der Waals surface area contributed by atoms with Crippen LogP contribution in [0, 0.1) is 0 Å². The van der Waals surface area contributed by atoms with Crippen LogP contribution in [0.3, 0.4) is 0 Å². The number of hydrogen-bond donors (Lipinski definition) is 1. The van der Waals surface area contributed by atoms with Crippen molar-refractivity contribution in [2.45, 2.75) is 43.9 Å². The average Bonchev–Trinajstić information content (AvgIpc) is 2.69. The second-order valence-electron chi connectivity index (χ2n) is 5.25. The van der Waals surface area contributed by atoms with Crippen molar-refractivity contribution in [1.82, 2.24) is 9.80 Å². The molecule has 7 heteroatoms. The fourth-order valence-electron chi connectivity index (χ4n) is 3.03. The molecule has 2 aliphatic heterocycles. The summed E-state index contributed by atoms with van der Waals surface area (Å²) in [4.78, 5) is 14.8.